The van der Waals surface area contributed by atoms with Gasteiger partial charge in [0, 0.05) is 6.08 Å². The average Bonchev–Trinajstić information content (AvgIpc) is 3.02. The first-order valence-electron chi connectivity index (χ1n) is 6.78. The standard InChI is InChI=1S/C16H15N3O5/c1-23-14-10(15(17)21)3-2-4-11(14)19-13(20)8-6-9-5-7-12(24-9)16(18)22/h2-8H,1H3,(H2,17,21)(H2,18,22)(H,19,20)/b8-6+. The molecule has 124 valence electrons. The number of hydrogen-bond donors (Lipinski definition) is 3. The number of primary amides is 2. The Kier molecular flexibility index (Phi) is 5.00. The first-order valence-corrected chi connectivity index (χ1v) is 6.78. The van der Waals surface area contributed by atoms with Gasteiger partial charge in [0.05, 0.1) is 18.4 Å². The highest BCUT2D eigenvalue weighted by Crippen LogP contribution is 2.28. The number of carbonyl (C=O) groups is 3. The molecule has 0 unspecified atom stereocenters. The number of para-hydroxylation sites is 1. The third-order valence-electron chi connectivity index (χ3n) is 3.01. The number of ether oxygens (including phenoxy) is 1. The van der Waals surface area contributed by atoms with Gasteiger partial charge in [0.1, 0.15) is 5.76 Å². The fraction of sp³-hybridized carbons (Fsp3) is 0.0625. The zero-order valence-electron chi connectivity index (χ0n) is 12.7. The average molecular weight is 329 g/mol. The minimum atomic E-state index is -0.702. The zero-order chi connectivity index (χ0) is 17.7. The van der Waals surface area contributed by atoms with Crippen LogP contribution in [0.1, 0.15) is 26.7 Å². The van der Waals surface area contributed by atoms with E-state index >= 15 is 0 Å². The first kappa shape index (κ1) is 16.8. The van der Waals surface area contributed by atoms with Gasteiger partial charge in [0.2, 0.25) is 5.91 Å². The van der Waals surface area contributed by atoms with Gasteiger partial charge in [-0.05, 0) is 30.3 Å². The molecule has 8 heteroatoms. The Morgan fingerprint density at radius 3 is 2.46 bits per heavy atom. The molecule has 0 radical (unpaired) electrons. The van der Waals surface area contributed by atoms with E-state index < -0.39 is 17.7 Å². The summed E-state index contributed by atoms with van der Waals surface area (Å²) in [7, 11) is 1.36. The van der Waals surface area contributed by atoms with Crippen molar-refractivity contribution in [3.63, 3.8) is 0 Å². The van der Waals surface area contributed by atoms with Crippen LogP contribution in [0.2, 0.25) is 0 Å². The van der Waals surface area contributed by atoms with E-state index in [1.807, 2.05) is 0 Å². The summed E-state index contributed by atoms with van der Waals surface area (Å²) in [6.45, 7) is 0. The lowest BCUT2D eigenvalue weighted by Gasteiger charge is -2.11. The predicted molar refractivity (Wildman–Crippen MR) is 86.4 cm³/mol. The van der Waals surface area contributed by atoms with Crippen molar-refractivity contribution in [1.82, 2.24) is 0 Å². The van der Waals surface area contributed by atoms with E-state index in [4.69, 9.17) is 20.6 Å². The second-order valence-corrected chi connectivity index (χ2v) is 4.64. The number of nitrogens with one attached hydrogen (secondary N) is 1. The summed E-state index contributed by atoms with van der Waals surface area (Å²) in [6, 6.07) is 7.51. The van der Waals surface area contributed by atoms with Gasteiger partial charge in [-0.25, -0.2) is 0 Å². The molecule has 0 saturated heterocycles. The maximum atomic E-state index is 12.0. The van der Waals surface area contributed by atoms with Gasteiger partial charge in [-0.2, -0.15) is 0 Å². The molecule has 0 spiro atoms. The molecule has 8 nitrogen and oxygen atoms in total. The lowest BCUT2D eigenvalue weighted by Crippen LogP contribution is -2.15. The van der Waals surface area contributed by atoms with Crippen molar-refractivity contribution in [3.05, 3.63) is 53.5 Å². The van der Waals surface area contributed by atoms with E-state index in [0.29, 0.717) is 5.69 Å². The number of nitrogens with two attached hydrogens (primary N) is 2. The molecule has 1 aromatic carbocycles. The number of anilines is 1. The van der Waals surface area contributed by atoms with Crippen molar-refractivity contribution in [2.75, 3.05) is 12.4 Å². The Hall–Kier alpha value is -3.55. The minimum absolute atomic E-state index is 0.00844. The summed E-state index contributed by atoms with van der Waals surface area (Å²) in [5.41, 5.74) is 10.8. The van der Waals surface area contributed by atoms with Crippen molar-refractivity contribution in [2.24, 2.45) is 11.5 Å². The van der Waals surface area contributed by atoms with E-state index in [-0.39, 0.29) is 22.8 Å². The van der Waals surface area contributed by atoms with Crippen LogP contribution in [-0.4, -0.2) is 24.8 Å². The van der Waals surface area contributed by atoms with Crippen molar-refractivity contribution in [2.45, 2.75) is 0 Å². The Morgan fingerprint density at radius 2 is 1.88 bits per heavy atom. The Bertz CT molecular complexity index is 823. The summed E-state index contributed by atoms with van der Waals surface area (Å²) in [5.74, 6) is -1.42. The van der Waals surface area contributed by atoms with Gasteiger partial charge in [-0.15, -0.1) is 0 Å². The van der Waals surface area contributed by atoms with Gasteiger partial charge in [0.25, 0.3) is 11.8 Å². The molecule has 1 heterocycles. The molecular weight excluding hydrogens is 314 g/mol. The van der Waals surface area contributed by atoms with Gasteiger partial charge in [0.15, 0.2) is 11.5 Å². The quantitative estimate of drug-likeness (QED) is 0.682. The highest BCUT2D eigenvalue weighted by molar-refractivity contribution is 6.05. The third-order valence-corrected chi connectivity index (χ3v) is 3.01. The molecule has 0 aliphatic carbocycles. The van der Waals surface area contributed by atoms with Crippen LogP contribution < -0.4 is 21.5 Å². The van der Waals surface area contributed by atoms with Crippen LogP contribution >= 0.6 is 0 Å². The van der Waals surface area contributed by atoms with E-state index in [1.54, 1.807) is 12.1 Å². The van der Waals surface area contributed by atoms with Crippen LogP contribution in [0.25, 0.3) is 6.08 Å². The second-order valence-electron chi connectivity index (χ2n) is 4.64. The number of hydrogen-bond acceptors (Lipinski definition) is 5. The normalized spacial score (nSPS) is 10.5. The zero-order valence-corrected chi connectivity index (χ0v) is 12.7. The molecule has 2 rings (SSSR count). The largest absolute Gasteiger partial charge is 0.494 e. The van der Waals surface area contributed by atoms with E-state index in [0.717, 1.165) is 0 Å². The maximum Gasteiger partial charge on any atom is 0.284 e. The first-order chi connectivity index (χ1) is 11.4. The Labute approximate surface area is 137 Å². The molecule has 0 bridgehead atoms. The topological polar surface area (TPSA) is 138 Å². The van der Waals surface area contributed by atoms with E-state index in [1.165, 1.54) is 37.5 Å². The molecule has 0 atom stereocenters. The van der Waals surface area contributed by atoms with Crippen molar-refractivity contribution in [1.29, 1.82) is 0 Å². The number of rotatable bonds is 6. The molecule has 0 fully saturated rings. The monoisotopic (exact) mass is 329 g/mol. The third kappa shape index (κ3) is 3.80. The van der Waals surface area contributed by atoms with Gasteiger partial charge in [-0.3, -0.25) is 14.4 Å². The molecule has 3 amide bonds. The van der Waals surface area contributed by atoms with Crippen LogP contribution in [0.4, 0.5) is 5.69 Å². The van der Waals surface area contributed by atoms with Gasteiger partial charge in [-0.1, -0.05) is 6.07 Å². The lowest BCUT2D eigenvalue weighted by molar-refractivity contribution is -0.111. The summed E-state index contributed by atoms with van der Waals surface area (Å²) >= 11 is 0. The lowest BCUT2D eigenvalue weighted by atomic mass is 10.1. The Morgan fingerprint density at radius 1 is 1.12 bits per heavy atom. The smallest absolute Gasteiger partial charge is 0.284 e. The molecule has 24 heavy (non-hydrogen) atoms. The molecule has 0 aliphatic rings. The number of methoxy groups -OCH3 is 1. The van der Waals surface area contributed by atoms with Crippen molar-refractivity contribution >= 4 is 29.5 Å². The summed E-state index contributed by atoms with van der Waals surface area (Å²) in [6.07, 6.45) is 2.56. The van der Waals surface area contributed by atoms with Crippen molar-refractivity contribution < 1.29 is 23.5 Å². The number of benzene rings is 1. The molecule has 1 aromatic heterocycles. The molecule has 5 N–H and O–H groups in total. The molecule has 0 aliphatic heterocycles. The fourth-order valence-electron chi connectivity index (χ4n) is 1.96. The summed E-state index contributed by atoms with van der Waals surface area (Å²) in [5, 5.41) is 2.56. The molecule has 2 aromatic rings. The maximum absolute atomic E-state index is 12.0. The highest BCUT2D eigenvalue weighted by Gasteiger charge is 2.14. The van der Waals surface area contributed by atoms with Crippen LogP contribution in [0, 0.1) is 0 Å². The van der Waals surface area contributed by atoms with Crippen LogP contribution in [0.15, 0.2) is 40.8 Å². The predicted octanol–water partition coefficient (Wildman–Crippen LogP) is 1.14. The number of amides is 3. The van der Waals surface area contributed by atoms with E-state index in [9.17, 15) is 14.4 Å². The minimum Gasteiger partial charge on any atom is -0.494 e. The number of furan rings is 1. The van der Waals surface area contributed by atoms with Crippen LogP contribution in [0.3, 0.4) is 0 Å². The molecule has 0 saturated carbocycles. The van der Waals surface area contributed by atoms with Crippen molar-refractivity contribution in [3.8, 4) is 5.75 Å². The second kappa shape index (κ2) is 7.14. The molecular formula is C16H15N3O5. The van der Waals surface area contributed by atoms with Gasteiger partial charge < -0.3 is 25.9 Å². The Balaban J connectivity index is 2.14. The SMILES string of the molecule is COc1c(NC(=O)/C=C/c2ccc(C(N)=O)o2)cccc1C(N)=O. The summed E-state index contributed by atoms with van der Waals surface area (Å²) < 4.78 is 10.2. The van der Waals surface area contributed by atoms with Gasteiger partial charge >= 0.3 is 0 Å². The van der Waals surface area contributed by atoms with Crippen LogP contribution in [-0.2, 0) is 4.79 Å². The summed E-state index contributed by atoms with van der Waals surface area (Å²) in [4.78, 5) is 34.2. The van der Waals surface area contributed by atoms with Crippen LogP contribution in [0.5, 0.6) is 5.75 Å². The van der Waals surface area contributed by atoms with E-state index in [2.05, 4.69) is 5.32 Å². The fourth-order valence-corrected chi connectivity index (χ4v) is 1.96. The number of carbonyl (C=O) groups excluding carboxylic acids is 3. The highest BCUT2D eigenvalue weighted by atomic mass is 16.5.